The fourth-order valence-electron chi connectivity index (χ4n) is 1.82. The van der Waals surface area contributed by atoms with Gasteiger partial charge in [0.2, 0.25) is 0 Å². The van der Waals surface area contributed by atoms with Gasteiger partial charge in [0.15, 0.2) is 5.16 Å². The van der Waals surface area contributed by atoms with Gasteiger partial charge in [-0.3, -0.25) is 4.79 Å². The zero-order valence-corrected chi connectivity index (χ0v) is 12.7. The predicted molar refractivity (Wildman–Crippen MR) is 79.6 cm³/mol. The number of imidazole rings is 1. The molecule has 1 atom stereocenters. The van der Waals surface area contributed by atoms with Crippen molar-refractivity contribution in [3.05, 3.63) is 23.2 Å². The first-order valence-corrected chi connectivity index (χ1v) is 7.40. The van der Waals surface area contributed by atoms with E-state index in [1.807, 2.05) is 23.6 Å². The minimum absolute atomic E-state index is 0.00411. The van der Waals surface area contributed by atoms with Gasteiger partial charge in [0.25, 0.3) is 0 Å². The number of aromatic nitrogens is 2. The lowest BCUT2D eigenvalue weighted by Gasteiger charge is -2.13. The third-order valence-corrected chi connectivity index (χ3v) is 4.04. The van der Waals surface area contributed by atoms with Crippen LogP contribution in [0.5, 0.6) is 0 Å². The first kappa shape index (κ1) is 15.2. The minimum Gasteiger partial charge on any atom is -0.481 e. The second-order valence-corrected chi connectivity index (χ2v) is 5.75. The number of carboxylic acids is 1. The highest BCUT2D eigenvalue weighted by molar-refractivity contribution is 7.99. The number of ether oxygens (including phenoxy) is 1. The van der Waals surface area contributed by atoms with E-state index >= 15 is 0 Å². The zero-order chi connectivity index (χ0) is 14.7. The van der Waals surface area contributed by atoms with Crippen molar-refractivity contribution >= 4 is 40.4 Å². The molecule has 108 valence electrons. The van der Waals surface area contributed by atoms with E-state index in [-0.39, 0.29) is 11.9 Å². The van der Waals surface area contributed by atoms with Gasteiger partial charge >= 0.3 is 5.97 Å². The third kappa shape index (κ3) is 3.45. The molecule has 2 aromatic rings. The van der Waals surface area contributed by atoms with Crippen LogP contribution in [0, 0.1) is 0 Å². The maximum atomic E-state index is 10.7. The molecule has 1 N–H and O–H groups in total. The van der Waals surface area contributed by atoms with Gasteiger partial charge in [0, 0.05) is 12.1 Å². The molecule has 0 aliphatic rings. The molecule has 0 saturated heterocycles. The first-order chi connectivity index (χ1) is 9.51. The highest BCUT2D eigenvalue weighted by atomic mass is 35.5. The molecule has 0 amide bonds. The molecule has 0 saturated carbocycles. The lowest BCUT2D eigenvalue weighted by Crippen LogP contribution is -2.15. The van der Waals surface area contributed by atoms with Crippen LogP contribution in [-0.2, 0) is 16.1 Å². The van der Waals surface area contributed by atoms with Gasteiger partial charge in [-0.25, -0.2) is 4.98 Å². The van der Waals surface area contributed by atoms with Gasteiger partial charge in [-0.1, -0.05) is 23.4 Å². The van der Waals surface area contributed by atoms with Crippen LogP contribution < -0.4 is 0 Å². The standard InChI is InChI=1S/C13H15ClN2O3S/c1-8(19-2)6-16-11-5-9(14)3-4-10(11)15-13(16)20-7-12(17)18/h3-5,8H,6-7H2,1-2H3,(H,17,18). The molecule has 20 heavy (non-hydrogen) atoms. The molecular weight excluding hydrogens is 300 g/mol. The molecule has 2 rings (SSSR count). The maximum absolute atomic E-state index is 10.7. The lowest BCUT2D eigenvalue weighted by atomic mass is 10.3. The van der Waals surface area contributed by atoms with Gasteiger partial charge in [-0.05, 0) is 25.1 Å². The number of methoxy groups -OCH3 is 1. The number of carbonyl (C=O) groups is 1. The maximum Gasteiger partial charge on any atom is 0.313 e. The van der Waals surface area contributed by atoms with Crippen molar-refractivity contribution in [2.24, 2.45) is 0 Å². The molecule has 0 radical (unpaired) electrons. The summed E-state index contributed by atoms with van der Waals surface area (Å²) in [4.78, 5) is 15.2. The van der Waals surface area contributed by atoms with E-state index in [1.54, 1.807) is 13.2 Å². The molecular formula is C13H15ClN2O3S. The smallest absolute Gasteiger partial charge is 0.313 e. The van der Waals surface area contributed by atoms with Crippen LogP contribution in [0.1, 0.15) is 6.92 Å². The average molecular weight is 315 g/mol. The summed E-state index contributed by atoms with van der Waals surface area (Å²) in [5.74, 6) is -0.898. The number of fused-ring (bicyclic) bond motifs is 1. The van der Waals surface area contributed by atoms with Crippen molar-refractivity contribution in [3.8, 4) is 0 Å². The number of carboxylic acid groups (broad SMARTS) is 1. The molecule has 1 aromatic carbocycles. The molecule has 1 heterocycles. The molecule has 0 fully saturated rings. The molecule has 1 aromatic heterocycles. The van der Waals surface area contributed by atoms with E-state index in [4.69, 9.17) is 21.4 Å². The van der Waals surface area contributed by atoms with Crippen LogP contribution in [0.15, 0.2) is 23.4 Å². The summed E-state index contributed by atoms with van der Waals surface area (Å²) < 4.78 is 7.22. The number of thioether (sulfide) groups is 1. The average Bonchev–Trinajstić information content (AvgIpc) is 2.74. The van der Waals surface area contributed by atoms with Crippen LogP contribution in [0.3, 0.4) is 0 Å². The Kier molecular flexibility index (Phi) is 4.91. The third-order valence-electron chi connectivity index (χ3n) is 2.84. The Morgan fingerprint density at radius 1 is 1.60 bits per heavy atom. The number of hydrogen-bond acceptors (Lipinski definition) is 4. The van der Waals surface area contributed by atoms with Gasteiger partial charge in [0.1, 0.15) is 0 Å². The molecule has 0 spiro atoms. The number of hydrogen-bond donors (Lipinski definition) is 1. The Labute approximate surface area is 125 Å². The molecule has 1 unspecified atom stereocenters. The summed E-state index contributed by atoms with van der Waals surface area (Å²) in [5, 5.41) is 10.1. The number of nitrogens with zero attached hydrogens (tertiary/aromatic N) is 2. The zero-order valence-electron chi connectivity index (χ0n) is 11.2. The molecule has 7 heteroatoms. The number of benzene rings is 1. The van der Waals surface area contributed by atoms with Crippen molar-refractivity contribution in [2.45, 2.75) is 24.7 Å². The van der Waals surface area contributed by atoms with E-state index in [2.05, 4.69) is 4.98 Å². The topological polar surface area (TPSA) is 64.3 Å². The largest absolute Gasteiger partial charge is 0.481 e. The van der Waals surface area contributed by atoms with Crippen LogP contribution >= 0.6 is 23.4 Å². The van der Waals surface area contributed by atoms with Crippen LogP contribution in [-0.4, -0.2) is 39.6 Å². The highest BCUT2D eigenvalue weighted by Gasteiger charge is 2.15. The van der Waals surface area contributed by atoms with Gasteiger partial charge in [0.05, 0.1) is 29.4 Å². The molecule has 0 aliphatic carbocycles. The fraction of sp³-hybridized carbons (Fsp3) is 0.385. The van der Waals surface area contributed by atoms with Crippen molar-refractivity contribution in [1.82, 2.24) is 9.55 Å². The lowest BCUT2D eigenvalue weighted by molar-refractivity contribution is -0.133. The Balaban J connectivity index is 2.42. The quantitative estimate of drug-likeness (QED) is 0.831. The summed E-state index contributed by atoms with van der Waals surface area (Å²) in [6.45, 7) is 2.54. The highest BCUT2D eigenvalue weighted by Crippen LogP contribution is 2.26. The Morgan fingerprint density at radius 3 is 3.00 bits per heavy atom. The second-order valence-electron chi connectivity index (χ2n) is 4.37. The fourth-order valence-corrected chi connectivity index (χ4v) is 2.73. The molecule has 0 aliphatic heterocycles. The van der Waals surface area contributed by atoms with Crippen LogP contribution in [0.4, 0.5) is 0 Å². The van der Waals surface area contributed by atoms with Gasteiger partial charge < -0.3 is 14.4 Å². The van der Waals surface area contributed by atoms with E-state index in [9.17, 15) is 4.79 Å². The number of aliphatic carboxylic acids is 1. The minimum atomic E-state index is -0.869. The summed E-state index contributed by atoms with van der Waals surface area (Å²) in [6.07, 6.45) is -0.00411. The SMILES string of the molecule is COC(C)Cn1c(SCC(=O)O)nc2ccc(Cl)cc21. The van der Waals surface area contributed by atoms with Crippen molar-refractivity contribution in [2.75, 3.05) is 12.9 Å². The second kappa shape index (κ2) is 6.47. The molecule has 5 nitrogen and oxygen atoms in total. The van der Waals surface area contributed by atoms with Gasteiger partial charge in [-0.2, -0.15) is 0 Å². The van der Waals surface area contributed by atoms with Crippen molar-refractivity contribution in [3.63, 3.8) is 0 Å². The Bertz CT molecular complexity index is 629. The normalized spacial score (nSPS) is 12.8. The van der Waals surface area contributed by atoms with E-state index in [1.165, 1.54) is 11.8 Å². The van der Waals surface area contributed by atoms with Crippen molar-refractivity contribution in [1.29, 1.82) is 0 Å². The van der Waals surface area contributed by atoms with Crippen LogP contribution in [0.25, 0.3) is 11.0 Å². The van der Waals surface area contributed by atoms with Gasteiger partial charge in [-0.15, -0.1) is 0 Å². The first-order valence-electron chi connectivity index (χ1n) is 6.04. The number of halogens is 1. The monoisotopic (exact) mass is 314 g/mol. The Morgan fingerprint density at radius 2 is 2.35 bits per heavy atom. The summed E-state index contributed by atoms with van der Waals surface area (Å²) in [6, 6.07) is 5.43. The molecule has 0 bridgehead atoms. The van der Waals surface area contributed by atoms with E-state index < -0.39 is 5.97 Å². The summed E-state index contributed by atoms with van der Waals surface area (Å²) in [5.41, 5.74) is 1.68. The Hall–Kier alpha value is -1.24. The summed E-state index contributed by atoms with van der Waals surface area (Å²) >= 11 is 7.22. The van der Waals surface area contributed by atoms with Crippen molar-refractivity contribution < 1.29 is 14.6 Å². The van der Waals surface area contributed by atoms with E-state index in [0.29, 0.717) is 16.7 Å². The van der Waals surface area contributed by atoms with Crippen LogP contribution in [0.2, 0.25) is 5.02 Å². The van der Waals surface area contributed by atoms with E-state index in [0.717, 1.165) is 11.0 Å². The number of rotatable bonds is 6. The summed E-state index contributed by atoms with van der Waals surface area (Å²) in [7, 11) is 1.64. The predicted octanol–water partition coefficient (Wildman–Crippen LogP) is 2.90.